The van der Waals surface area contributed by atoms with E-state index >= 15 is 0 Å². The number of nitrogens with two attached hydrogens (primary N) is 1. The van der Waals surface area contributed by atoms with Gasteiger partial charge in [0, 0.05) is 17.7 Å². The van der Waals surface area contributed by atoms with Crippen LogP contribution >= 0.6 is 0 Å². The molecule has 2 aromatic rings. The standard InChI is InChI=1S/C16H15N3O/c1-10(17)18-13-7-6-11-8-12-4-2-3-5-15(12)19-16(20)14(11)9-13/h2-7,9H,8H2,1H3,(H2,17,18)(H,19,20). The van der Waals surface area contributed by atoms with Crippen LogP contribution in [0.5, 0.6) is 0 Å². The van der Waals surface area contributed by atoms with Crippen LogP contribution in [0, 0.1) is 0 Å². The van der Waals surface area contributed by atoms with Crippen molar-refractivity contribution in [1.29, 1.82) is 0 Å². The van der Waals surface area contributed by atoms with Gasteiger partial charge in [0.05, 0.1) is 11.5 Å². The van der Waals surface area contributed by atoms with E-state index in [9.17, 15) is 4.79 Å². The number of hydrogen-bond donors (Lipinski definition) is 2. The fraction of sp³-hybridized carbons (Fsp3) is 0.125. The van der Waals surface area contributed by atoms with Crippen LogP contribution in [0.15, 0.2) is 47.5 Å². The summed E-state index contributed by atoms with van der Waals surface area (Å²) in [6.45, 7) is 1.72. The number of nitrogens with one attached hydrogen (secondary N) is 1. The Balaban J connectivity index is 2.09. The van der Waals surface area contributed by atoms with Crippen LogP contribution in [0.3, 0.4) is 0 Å². The predicted octanol–water partition coefficient (Wildman–Crippen LogP) is 2.85. The van der Waals surface area contributed by atoms with Gasteiger partial charge in [0.2, 0.25) is 0 Å². The fourth-order valence-electron chi connectivity index (χ4n) is 2.39. The molecule has 1 aliphatic rings. The first-order valence-corrected chi connectivity index (χ1v) is 6.46. The third-order valence-corrected chi connectivity index (χ3v) is 3.29. The lowest BCUT2D eigenvalue weighted by Crippen LogP contribution is -2.11. The van der Waals surface area contributed by atoms with Gasteiger partial charge in [-0.2, -0.15) is 0 Å². The number of amidine groups is 1. The Morgan fingerprint density at radius 2 is 2.00 bits per heavy atom. The van der Waals surface area contributed by atoms with Gasteiger partial charge in [-0.25, -0.2) is 4.99 Å². The third kappa shape index (κ3) is 2.28. The highest BCUT2D eigenvalue weighted by Crippen LogP contribution is 2.28. The molecule has 20 heavy (non-hydrogen) atoms. The number of amides is 1. The third-order valence-electron chi connectivity index (χ3n) is 3.29. The molecule has 0 radical (unpaired) electrons. The maximum absolute atomic E-state index is 12.3. The number of carbonyl (C=O) groups excluding carboxylic acids is 1. The molecule has 1 heterocycles. The summed E-state index contributed by atoms with van der Waals surface area (Å²) in [6, 6.07) is 13.5. The summed E-state index contributed by atoms with van der Waals surface area (Å²) in [6.07, 6.45) is 0.732. The molecule has 3 rings (SSSR count). The molecule has 3 N–H and O–H groups in total. The van der Waals surface area contributed by atoms with E-state index in [0.717, 1.165) is 23.2 Å². The molecule has 0 fully saturated rings. The minimum absolute atomic E-state index is 0.100. The molecule has 1 amide bonds. The van der Waals surface area contributed by atoms with Gasteiger partial charge in [-0.3, -0.25) is 4.79 Å². The molecule has 0 unspecified atom stereocenters. The predicted molar refractivity (Wildman–Crippen MR) is 80.6 cm³/mol. The molecule has 0 spiro atoms. The van der Waals surface area contributed by atoms with Crippen LogP contribution < -0.4 is 11.1 Å². The van der Waals surface area contributed by atoms with E-state index in [2.05, 4.69) is 10.3 Å². The zero-order valence-electron chi connectivity index (χ0n) is 11.2. The van der Waals surface area contributed by atoms with E-state index in [0.29, 0.717) is 17.1 Å². The van der Waals surface area contributed by atoms with Crippen LogP contribution in [-0.2, 0) is 6.42 Å². The highest BCUT2D eigenvalue weighted by atomic mass is 16.1. The highest BCUT2D eigenvalue weighted by molar-refractivity contribution is 6.07. The summed E-state index contributed by atoms with van der Waals surface area (Å²) in [4.78, 5) is 16.5. The van der Waals surface area contributed by atoms with Crippen molar-refractivity contribution in [1.82, 2.24) is 0 Å². The molecule has 0 aliphatic carbocycles. The number of carbonyl (C=O) groups is 1. The van der Waals surface area contributed by atoms with E-state index in [1.54, 1.807) is 13.0 Å². The van der Waals surface area contributed by atoms with Gasteiger partial charge >= 0.3 is 0 Å². The zero-order chi connectivity index (χ0) is 14.1. The lowest BCUT2D eigenvalue weighted by atomic mass is 10.00. The largest absolute Gasteiger partial charge is 0.387 e. The summed E-state index contributed by atoms with van der Waals surface area (Å²) in [5.74, 6) is 0.374. The summed E-state index contributed by atoms with van der Waals surface area (Å²) in [7, 11) is 0. The van der Waals surface area contributed by atoms with Gasteiger partial charge < -0.3 is 11.1 Å². The minimum Gasteiger partial charge on any atom is -0.387 e. The van der Waals surface area contributed by atoms with Gasteiger partial charge in [0.1, 0.15) is 0 Å². The average molecular weight is 265 g/mol. The summed E-state index contributed by atoms with van der Waals surface area (Å²) < 4.78 is 0. The molecule has 4 heteroatoms. The quantitative estimate of drug-likeness (QED) is 0.615. The van der Waals surface area contributed by atoms with Crippen molar-refractivity contribution in [3.8, 4) is 0 Å². The molecule has 4 nitrogen and oxygen atoms in total. The number of para-hydroxylation sites is 1. The first kappa shape index (κ1) is 12.4. The SMILES string of the molecule is CC(N)=Nc1ccc2c(c1)C(=O)Nc1ccccc1C2. The molecule has 0 aromatic heterocycles. The Labute approximate surface area is 117 Å². The Morgan fingerprint density at radius 3 is 2.80 bits per heavy atom. The Hall–Kier alpha value is -2.62. The smallest absolute Gasteiger partial charge is 0.256 e. The average Bonchev–Trinajstić information content (AvgIpc) is 2.54. The van der Waals surface area contributed by atoms with Crippen LogP contribution in [0.25, 0.3) is 0 Å². The van der Waals surface area contributed by atoms with Crippen molar-refractivity contribution in [2.75, 3.05) is 5.32 Å². The fourth-order valence-corrected chi connectivity index (χ4v) is 2.39. The molecule has 1 aliphatic heterocycles. The Morgan fingerprint density at radius 1 is 1.20 bits per heavy atom. The lowest BCUT2D eigenvalue weighted by molar-refractivity contribution is 0.102. The van der Waals surface area contributed by atoms with Crippen LogP contribution in [-0.4, -0.2) is 11.7 Å². The van der Waals surface area contributed by atoms with Crippen molar-refractivity contribution in [3.05, 3.63) is 59.2 Å². The molecule has 100 valence electrons. The van der Waals surface area contributed by atoms with Crippen molar-refractivity contribution in [3.63, 3.8) is 0 Å². The molecule has 0 saturated heterocycles. The van der Waals surface area contributed by atoms with Crippen molar-refractivity contribution < 1.29 is 4.79 Å². The van der Waals surface area contributed by atoms with E-state index in [1.807, 2.05) is 36.4 Å². The first-order chi connectivity index (χ1) is 9.63. The molecular weight excluding hydrogens is 250 g/mol. The van der Waals surface area contributed by atoms with E-state index in [-0.39, 0.29) is 5.91 Å². The van der Waals surface area contributed by atoms with Crippen molar-refractivity contribution in [2.24, 2.45) is 10.7 Å². The van der Waals surface area contributed by atoms with Crippen LogP contribution in [0.1, 0.15) is 28.4 Å². The highest BCUT2D eigenvalue weighted by Gasteiger charge is 2.19. The maximum Gasteiger partial charge on any atom is 0.256 e. The summed E-state index contributed by atoms with van der Waals surface area (Å²) in [5.41, 5.74) is 9.93. The monoisotopic (exact) mass is 265 g/mol. The first-order valence-electron chi connectivity index (χ1n) is 6.46. The number of aliphatic imine (C=N–C) groups is 1. The van der Waals surface area contributed by atoms with Gasteiger partial charge in [0.15, 0.2) is 0 Å². The topological polar surface area (TPSA) is 67.5 Å². The number of benzene rings is 2. The van der Waals surface area contributed by atoms with E-state index in [4.69, 9.17) is 5.73 Å². The van der Waals surface area contributed by atoms with Gasteiger partial charge in [-0.15, -0.1) is 0 Å². The second kappa shape index (κ2) is 4.81. The zero-order valence-corrected chi connectivity index (χ0v) is 11.2. The maximum atomic E-state index is 12.3. The van der Waals surface area contributed by atoms with Crippen LogP contribution in [0.4, 0.5) is 11.4 Å². The molecular formula is C16H15N3O. The van der Waals surface area contributed by atoms with Gasteiger partial charge in [-0.05, 0) is 36.2 Å². The van der Waals surface area contributed by atoms with Gasteiger partial charge in [-0.1, -0.05) is 24.3 Å². The van der Waals surface area contributed by atoms with E-state index in [1.165, 1.54) is 0 Å². The normalized spacial score (nSPS) is 14.1. The number of hydrogen-bond acceptors (Lipinski definition) is 2. The second-order valence-corrected chi connectivity index (χ2v) is 4.88. The minimum atomic E-state index is -0.100. The molecule has 2 aromatic carbocycles. The van der Waals surface area contributed by atoms with Gasteiger partial charge in [0.25, 0.3) is 5.91 Å². The lowest BCUT2D eigenvalue weighted by Gasteiger charge is -2.05. The molecule has 0 saturated carbocycles. The number of anilines is 1. The molecule has 0 bridgehead atoms. The van der Waals surface area contributed by atoms with Crippen molar-refractivity contribution >= 4 is 23.1 Å². The van der Waals surface area contributed by atoms with Crippen molar-refractivity contribution in [2.45, 2.75) is 13.3 Å². The number of nitrogens with zero attached hydrogens (tertiary/aromatic N) is 1. The second-order valence-electron chi connectivity index (χ2n) is 4.88. The summed E-state index contributed by atoms with van der Waals surface area (Å²) in [5, 5.41) is 2.94. The van der Waals surface area contributed by atoms with E-state index < -0.39 is 0 Å². The summed E-state index contributed by atoms with van der Waals surface area (Å²) >= 11 is 0. The number of rotatable bonds is 1. The number of fused-ring (bicyclic) bond motifs is 2. The Bertz CT molecular complexity index is 715. The molecule has 0 atom stereocenters. The van der Waals surface area contributed by atoms with Crippen LogP contribution in [0.2, 0.25) is 0 Å². The Kier molecular flexibility index (Phi) is 2.99.